The first kappa shape index (κ1) is 17.5. The summed E-state index contributed by atoms with van der Waals surface area (Å²) < 4.78 is 5.54. The van der Waals surface area contributed by atoms with E-state index in [1.54, 1.807) is 0 Å². The lowest BCUT2D eigenvalue weighted by Crippen LogP contribution is -2.33. The molecule has 1 amide bonds. The van der Waals surface area contributed by atoms with Gasteiger partial charge in [0.1, 0.15) is 5.75 Å². The average molecular weight is 292 g/mol. The molecule has 21 heavy (non-hydrogen) atoms. The van der Waals surface area contributed by atoms with E-state index in [0.717, 1.165) is 31.7 Å². The van der Waals surface area contributed by atoms with Gasteiger partial charge in [0.15, 0.2) is 0 Å². The first-order valence-corrected chi connectivity index (χ1v) is 7.87. The quantitative estimate of drug-likeness (QED) is 0.652. The smallest absolute Gasteiger partial charge is 0.221 e. The maximum absolute atomic E-state index is 11.6. The molecule has 0 fully saturated rings. The van der Waals surface area contributed by atoms with Crippen molar-refractivity contribution in [3.63, 3.8) is 0 Å². The summed E-state index contributed by atoms with van der Waals surface area (Å²) in [6.07, 6.45) is 2.50. The van der Waals surface area contributed by atoms with Crippen LogP contribution in [0.1, 0.15) is 45.6 Å². The van der Waals surface area contributed by atoms with Crippen molar-refractivity contribution in [2.75, 3.05) is 13.2 Å². The molecule has 1 aromatic carbocycles. The van der Waals surface area contributed by atoms with E-state index < -0.39 is 0 Å². The van der Waals surface area contributed by atoms with Gasteiger partial charge < -0.3 is 15.4 Å². The molecule has 1 aromatic rings. The van der Waals surface area contributed by atoms with Crippen LogP contribution in [-0.4, -0.2) is 25.1 Å². The molecule has 0 aliphatic rings. The van der Waals surface area contributed by atoms with E-state index in [1.807, 2.05) is 19.1 Å². The van der Waals surface area contributed by atoms with Gasteiger partial charge in [-0.1, -0.05) is 26.0 Å². The van der Waals surface area contributed by atoms with E-state index in [0.29, 0.717) is 13.0 Å². The van der Waals surface area contributed by atoms with Crippen LogP contribution in [0.15, 0.2) is 24.3 Å². The van der Waals surface area contributed by atoms with Gasteiger partial charge in [0.25, 0.3) is 0 Å². The molecule has 0 bridgehead atoms. The molecule has 1 rings (SSSR count). The molecule has 0 spiro atoms. The second kappa shape index (κ2) is 10.2. The van der Waals surface area contributed by atoms with E-state index >= 15 is 0 Å². The fraction of sp³-hybridized carbons (Fsp3) is 0.588. The van der Waals surface area contributed by atoms with Gasteiger partial charge in [0.05, 0.1) is 6.61 Å². The number of benzene rings is 1. The van der Waals surface area contributed by atoms with Gasteiger partial charge in [-0.05, 0) is 37.5 Å². The van der Waals surface area contributed by atoms with E-state index in [-0.39, 0.29) is 11.9 Å². The summed E-state index contributed by atoms with van der Waals surface area (Å²) in [4.78, 5) is 11.6. The molecular formula is C17H28N2O2. The van der Waals surface area contributed by atoms with Crippen LogP contribution < -0.4 is 15.4 Å². The molecule has 4 nitrogen and oxygen atoms in total. The van der Waals surface area contributed by atoms with E-state index in [4.69, 9.17) is 4.74 Å². The summed E-state index contributed by atoms with van der Waals surface area (Å²) in [5.74, 6) is 1.02. The highest BCUT2D eigenvalue weighted by Crippen LogP contribution is 2.12. The number of nitrogens with one attached hydrogen (secondary N) is 2. The molecule has 0 aliphatic carbocycles. The van der Waals surface area contributed by atoms with Gasteiger partial charge in [-0.25, -0.2) is 0 Å². The Labute approximate surface area is 128 Å². The Morgan fingerprint density at radius 1 is 1.24 bits per heavy atom. The van der Waals surface area contributed by atoms with Gasteiger partial charge in [-0.15, -0.1) is 0 Å². The van der Waals surface area contributed by atoms with Crippen molar-refractivity contribution in [3.8, 4) is 5.75 Å². The molecule has 0 aromatic heterocycles. The van der Waals surface area contributed by atoms with Gasteiger partial charge in [0, 0.05) is 25.6 Å². The first-order valence-electron chi connectivity index (χ1n) is 7.87. The minimum absolute atomic E-state index is 0.111. The molecule has 4 heteroatoms. The summed E-state index contributed by atoms with van der Waals surface area (Å²) in [5, 5.41) is 6.24. The summed E-state index contributed by atoms with van der Waals surface area (Å²) in [6, 6.07) is 8.34. The normalized spacial score (nSPS) is 12.0. The highest BCUT2D eigenvalue weighted by atomic mass is 16.5. The summed E-state index contributed by atoms with van der Waals surface area (Å²) in [6.45, 7) is 8.39. The van der Waals surface area contributed by atoms with Crippen LogP contribution >= 0.6 is 0 Å². The second-order valence-corrected chi connectivity index (χ2v) is 5.30. The minimum Gasteiger partial charge on any atom is -0.494 e. The van der Waals surface area contributed by atoms with E-state index in [1.165, 1.54) is 5.56 Å². The largest absolute Gasteiger partial charge is 0.494 e. The Morgan fingerprint density at radius 3 is 2.57 bits per heavy atom. The molecular weight excluding hydrogens is 264 g/mol. The molecule has 0 aliphatic heterocycles. The fourth-order valence-electron chi connectivity index (χ4n) is 1.81. The Morgan fingerprint density at radius 2 is 1.95 bits per heavy atom. The molecule has 118 valence electrons. The van der Waals surface area contributed by atoms with Crippen LogP contribution in [0.2, 0.25) is 0 Å². The molecule has 0 heterocycles. The lowest BCUT2D eigenvalue weighted by atomic mass is 10.2. The third kappa shape index (κ3) is 7.71. The van der Waals surface area contributed by atoms with Crippen molar-refractivity contribution in [2.45, 2.75) is 52.6 Å². The average Bonchev–Trinajstić information content (AvgIpc) is 2.50. The highest BCUT2D eigenvalue weighted by Gasteiger charge is 2.04. The topological polar surface area (TPSA) is 50.4 Å². The summed E-state index contributed by atoms with van der Waals surface area (Å²) >= 11 is 0. The van der Waals surface area contributed by atoms with Crippen LogP contribution in [0.25, 0.3) is 0 Å². The predicted octanol–water partition coefficient (Wildman–Crippen LogP) is 2.87. The monoisotopic (exact) mass is 292 g/mol. The zero-order valence-electron chi connectivity index (χ0n) is 13.4. The van der Waals surface area contributed by atoms with Crippen molar-refractivity contribution in [1.82, 2.24) is 10.6 Å². The van der Waals surface area contributed by atoms with Crippen molar-refractivity contribution in [3.05, 3.63) is 29.8 Å². The summed E-state index contributed by atoms with van der Waals surface area (Å²) in [7, 11) is 0. The molecule has 2 N–H and O–H groups in total. The van der Waals surface area contributed by atoms with Crippen LogP contribution in [-0.2, 0) is 11.3 Å². The van der Waals surface area contributed by atoms with Crippen molar-refractivity contribution in [2.24, 2.45) is 0 Å². The van der Waals surface area contributed by atoms with Gasteiger partial charge >= 0.3 is 0 Å². The second-order valence-electron chi connectivity index (χ2n) is 5.30. The standard InChI is InChI=1S/C17H28N2O2/c1-4-12-21-16-8-6-15(7-9-16)13-18-11-10-17(20)19-14(3)5-2/h6-9,14,18H,4-5,10-13H2,1-3H3,(H,19,20). The Kier molecular flexibility index (Phi) is 8.51. The Bertz CT molecular complexity index is 404. The maximum Gasteiger partial charge on any atom is 0.221 e. The first-order chi connectivity index (χ1) is 10.2. The third-order valence-electron chi connectivity index (χ3n) is 3.27. The highest BCUT2D eigenvalue weighted by molar-refractivity contribution is 5.76. The molecule has 1 unspecified atom stereocenters. The van der Waals surface area contributed by atoms with Crippen molar-refractivity contribution < 1.29 is 9.53 Å². The van der Waals surface area contributed by atoms with Crippen LogP contribution in [0.5, 0.6) is 5.75 Å². The lowest BCUT2D eigenvalue weighted by Gasteiger charge is -2.11. The van der Waals surface area contributed by atoms with E-state index in [9.17, 15) is 4.79 Å². The van der Waals surface area contributed by atoms with Gasteiger partial charge in [-0.3, -0.25) is 4.79 Å². The molecule has 0 radical (unpaired) electrons. The number of ether oxygens (including phenoxy) is 1. The number of carbonyl (C=O) groups is 1. The van der Waals surface area contributed by atoms with Crippen LogP contribution in [0, 0.1) is 0 Å². The zero-order valence-corrected chi connectivity index (χ0v) is 13.4. The molecule has 1 atom stereocenters. The third-order valence-corrected chi connectivity index (χ3v) is 3.27. The number of rotatable bonds is 10. The van der Waals surface area contributed by atoms with E-state index in [2.05, 4.69) is 36.6 Å². The molecule has 0 saturated carbocycles. The van der Waals surface area contributed by atoms with Crippen molar-refractivity contribution in [1.29, 1.82) is 0 Å². The Hall–Kier alpha value is -1.55. The SMILES string of the molecule is CCCOc1ccc(CNCCC(=O)NC(C)CC)cc1. The van der Waals surface area contributed by atoms with Gasteiger partial charge in [-0.2, -0.15) is 0 Å². The van der Waals surface area contributed by atoms with Crippen LogP contribution in [0.3, 0.4) is 0 Å². The van der Waals surface area contributed by atoms with Crippen molar-refractivity contribution >= 4 is 5.91 Å². The number of hydrogen-bond donors (Lipinski definition) is 2. The number of hydrogen-bond acceptors (Lipinski definition) is 3. The zero-order chi connectivity index (χ0) is 15.5. The molecule has 0 saturated heterocycles. The number of amides is 1. The summed E-state index contributed by atoms with van der Waals surface area (Å²) in [5.41, 5.74) is 1.20. The minimum atomic E-state index is 0.111. The Balaban J connectivity index is 2.19. The number of carbonyl (C=O) groups excluding carboxylic acids is 1. The van der Waals surface area contributed by atoms with Gasteiger partial charge in [0.2, 0.25) is 5.91 Å². The predicted molar refractivity (Wildman–Crippen MR) is 86.4 cm³/mol. The maximum atomic E-state index is 11.6. The lowest BCUT2D eigenvalue weighted by molar-refractivity contribution is -0.121. The van der Waals surface area contributed by atoms with Crippen LogP contribution in [0.4, 0.5) is 0 Å². The fourth-order valence-corrected chi connectivity index (χ4v) is 1.81.